The Morgan fingerprint density at radius 3 is 2.41 bits per heavy atom. The van der Waals surface area contributed by atoms with Crippen molar-refractivity contribution in [2.45, 2.75) is 12.7 Å². The summed E-state index contributed by atoms with van der Waals surface area (Å²) in [5, 5.41) is 8.56. The zero-order valence-electron chi connectivity index (χ0n) is 8.19. The second-order valence-corrected chi connectivity index (χ2v) is 3.08. The van der Waals surface area contributed by atoms with Gasteiger partial charge in [-0.3, -0.25) is 9.59 Å². The van der Waals surface area contributed by atoms with E-state index in [0.29, 0.717) is 4.57 Å². The molecule has 0 saturated carbocycles. The van der Waals surface area contributed by atoms with E-state index < -0.39 is 35.6 Å². The van der Waals surface area contributed by atoms with Crippen molar-refractivity contribution < 1.29 is 27.9 Å². The van der Waals surface area contributed by atoms with Crippen LogP contribution < -0.4 is 5.56 Å². The maximum atomic E-state index is 11.9. The molecule has 5 nitrogen and oxygen atoms in total. The highest BCUT2D eigenvalue weighted by molar-refractivity contribution is 5.87. The number of pyridine rings is 1. The molecule has 0 fully saturated rings. The Labute approximate surface area is 92.1 Å². The molecular formula is C9H6F3NO4. The molecular weight excluding hydrogens is 243 g/mol. The van der Waals surface area contributed by atoms with Gasteiger partial charge in [-0.1, -0.05) is 0 Å². The lowest BCUT2D eigenvalue weighted by molar-refractivity contribution is -0.171. The molecule has 0 aliphatic rings. The van der Waals surface area contributed by atoms with Gasteiger partial charge in [0.15, 0.2) is 0 Å². The SMILES string of the molecule is O=C(O)c1cccn(CC(=O)C(F)(F)F)c1=O. The summed E-state index contributed by atoms with van der Waals surface area (Å²) in [6.07, 6.45) is -4.14. The number of aromatic nitrogens is 1. The minimum atomic E-state index is -5.06. The smallest absolute Gasteiger partial charge is 0.451 e. The van der Waals surface area contributed by atoms with Crippen molar-refractivity contribution >= 4 is 11.8 Å². The minimum absolute atomic E-state index is 0.402. The van der Waals surface area contributed by atoms with Crippen molar-refractivity contribution in [2.24, 2.45) is 0 Å². The van der Waals surface area contributed by atoms with Crippen molar-refractivity contribution in [3.63, 3.8) is 0 Å². The summed E-state index contributed by atoms with van der Waals surface area (Å²) in [5.41, 5.74) is -1.85. The van der Waals surface area contributed by atoms with E-state index in [1.54, 1.807) is 0 Å². The molecule has 0 bridgehead atoms. The number of carboxylic acid groups (broad SMARTS) is 1. The molecule has 92 valence electrons. The van der Waals surface area contributed by atoms with E-state index in [1.807, 2.05) is 0 Å². The van der Waals surface area contributed by atoms with Crippen molar-refractivity contribution in [3.05, 3.63) is 34.2 Å². The van der Waals surface area contributed by atoms with Crippen LogP contribution in [-0.2, 0) is 11.3 Å². The minimum Gasteiger partial charge on any atom is -0.477 e. The van der Waals surface area contributed by atoms with E-state index >= 15 is 0 Å². The van der Waals surface area contributed by atoms with Gasteiger partial charge in [-0.25, -0.2) is 4.79 Å². The van der Waals surface area contributed by atoms with Crippen LogP contribution in [0.4, 0.5) is 13.2 Å². The first-order valence-corrected chi connectivity index (χ1v) is 4.26. The number of carboxylic acids is 1. The van der Waals surface area contributed by atoms with Crippen molar-refractivity contribution in [1.82, 2.24) is 4.57 Å². The van der Waals surface area contributed by atoms with Crippen LogP contribution in [0.25, 0.3) is 0 Å². The Bertz CT molecular complexity index is 518. The number of ketones is 1. The summed E-state index contributed by atoms with van der Waals surface area (Å²) in [6, 6.07) is 2.02. The van der Waals surface area contributed by atoms with Gasteiger partial charge >= 0.3 is 12.1 Å². The molecule has 0 aromatic carbocycles. The van der Waals surface area contributed by atoms with Crippen LogP contribution in [0.3, 0.4) is 0 Å². The van der Waals surface area contributed by atoms with Crippen LogP contribution in [0.2, 0.25) is 0 Å². The summed E-state index contributed by atoms with van der Waals surface area (Å²) in [6.45, 7) is -1.23. The van der Waals surface area contributed by atoms with Crippen molar-refractivity contribution in [3.8, 4) is 0 Å². The molecule has 0 atom stereocenters. The average Bonchev–Trinajstić information content (AvgIpc) is 2.19. The zero-order valence-corrected chi connectivity index (χ0v) is 8.19. The molecule has 0 aliphatic heterocycles. The number of aromatic carboxylic acids is 1. The molecule has 1 aromatic heterocycles. The van der Waals surface area contributed by atoms with Gasteiger partial charge in [0.05, 0.1) is 6.54 Å². The quantitative estimate of drug-likeness (QED) is 0.854. The lowest BCUT2D eigenvalue weighted by atomic mass is 10.2. The second-order valence-electron chi connectivity index (χ2n) is 3.08. The normalized spacial score (nSPS) is 11.2. The molecule has 0 amide bonds. The fourth-order valence-corrected chi connectivity index (χ4v) is 1.07. The summed E-state index contributed by atoms with van der Waals surface area (Å²) in [5.74, 6) is -3.69. The van der Waals surface area contributed by atoms with Crippen LogP contribution in [0.15, 0.2) is 23.1 Å². The Hall–Kier alpha value is -2.12. The molecule has 17 heavy (non-hydrogen) atoms. The fraction of sp³-hybridized carbons (Fsp3) is 0.222. The lowest BCUT2D eigenvalue weighted by Crippen LogP contribution is -2.33. The maximum Gasteiger partial charge on any atom is 0.451 e. The Morgan fingerprint density at radius 1 is 1.35 bits per heavy atom. The monoisotopic (exact) mass is 249 g/mol. The van der Waals surface area contributed by atoms with Gasteiger partial charge in [0.1, 0.15) is 5.56 Å². The van der Waals surface area contributed by atoms with Crippen LogP contribution in [0.1, 0.15) is 10.4 Å². The lowest BCUT2D eigenvalue weighted by Gasteiger charge is -2.07. The number of Topliss-reactive ketones (excluding diaryl/α,β-unsaturated/α-hetero) is 1. The van der Waals surface area contributed by atoms with Crippen LogP contribution in [0.5, 0.6) is 0 Å². The third-order valence-corrected chi connectivity index (χ3v) is 1.88. The van der Waals surface area contributed by atoms with E-state index in [4.69, 9.17) is 5.11 Å². The summed E-state index contributed by atoms with van der Waals surface area (Å²) >= 11 is 0. The number of hydrogen-bond donors (Lipinski definition) is 1. The van der Waals surface area contributed by atoms with Crippen molar-refractivity contribution in [2.75, 3.05) is 0 Å². The Kier molecular flexibility index (Phi) is 3.35. The number of rotatable bonds is 3. The highest BCUT2D eigenvalue weighted by Crippen LogP contribution is 2.16. The van der Waals surface area contributed by atoms with Crippen molar-refractivity contribution in [1.29, 1.82) is 0 Å². The number of alkyl halides is 3. The maximum absolute atomic E-state index is 11.9. The average molecular weight is 249 g/mol. The van der Waals surface area contributed by atoms with Gasteiger partial charge in [0.2, 0.25) is 0 Å². The molecule has 1 aromatic rings. The van der Waals surface area contributed by atoms with Gasteiger partial charge in [-0.15, -0.1) is 0 Å². The second kappa shape index (κ2) is 4.40. The van der Waals surface area contributed by atoms with Crippen LogP contribution in [0, 0.1) is 0 Å². The predicted molar refractivity (Wildman–Crippen MR) is 48.7 cm³/mol. The Morgan fingerprint density at radius 2 is 1.94 bits per heavy atom. The van der Waals surface area contributed by atoms with Gasteiger partial charge in [-0.2, -0.15) is 13.2 Å². The van der Waals surface area contributed by atoms with E-state index in [2.05, 4.69) is 0 Å². The standard InChI is InChI=1S/C9H6F3NO4/c10-9(11,12)6(14)4-13-3-1-2-5(7(13)15)8(16)17/h1-3H,4H2,(H,16,17). The number of carbonyl (C=O) groups is 2. The summed E-state index contributed by atoms with van der Waals surface area (Å²) in [4.78, 5) is 32.5. The topological polar surface area (TPSA) is 76.4 Å². The van der Waals surface area contributed by atoms with E-state index in [9.17, 15) is 27.6 Å². The molecule has 0 radical (unpaired) electrons. The predicted octanol–water partition coefficient (Wildman–Crippen LogP) is 0.678. The number of carbonyl (C=O) groups excluding carboxylic acids is 1. The van der Waals surface area contributed by atoms with E-state index in [0.717, 1.165) is 18.3 Å². The number of hydrogen-bond acceptors (Lipinski definition) is 3. The first kappa shape index (κ1) is 12.9. The summed E-state index contributed by atoms with van der Waals surface area (Å²) < 4.78 is 36.2. The Balaban J connectivity index is 3.10. The highest BCUT2D eigenvalue weighted by atomic mass is 19.4. The molecule has 0 spiro atoms. The van der Waals surface area contributed by atoms with Gasteiger partial charge in [0, 0.05) is 6.20 Å². The first-order chi connectivity index (χ1) is 7.73. The molecule has 0 saturated heterocycles. The van der Waals surface area contributed by atoms with E-state index in [-0.39, 0.29) is 0 Å². The number of halogens is 3. The molecule has 1 heterocycles. The van der Waals surface area contributed by atoms with Crippen LogP contribution >= 0.6 is 0 Å². The molecule has 0 aliphatic carbocycles. The number of nitrogens with zero attached hydrogens (tertiary/aromatic N) is 1. The zero-order chi connectivity index (χ0) is 13.2. The van der Waals surface area contributed by atoms with Gasteiger partial charge in [-0.05, 0) is 12.1 Å². The molecule has 8 heteroatoms. The highest BCUT2D eigenvalue weighted by Gasteiger charge is 2.38. The molecule has 1 rings (SSSR count). The van der Waals surface area contributed by atoms with Gasteiger partial charge in [0.25, 0.3) is 11.3 Å². The van der Waals surface area contributed by atoms with Gasteiger partial charge < -0.3 is 9.67 Å². The van der Waals surface area contributed by atoms with E-state index in [1.165, 1.54) is 0 Å². The largest absolute Gasteiger partial charge is 0.477 e. The van der Waals surface area contributed by atoms with Crippen LogP contribution in [-0.4, -0.2) is 27.6 Å². The third-order valence-electron chi connectivity index (χ3n) is 1.88. The first-order valence-electron chi connectivity index (χ1n) is 4.26. The summed E-state index contributed by atoms with van der Waals surface area (Å²) in [7, 11) is 0. The third kappa shape index (κ3) is 2.92. The molecule has 0 unspecified atom stereocenters. The fourth-order valence-electron chi connectivity index (χ4n) is 1.07. The molecule has 1 N–H and O–H groups in total.